The molecule has 0 radical (unpaired) electrons. The van der Waals surface area contributed by atoms with Gasteiger partial charge in [-0.1, -0.05) is 26.7 Å². The molecule has 0 saturated heterocycles. The third-order valence-electron chi connectivity index (χ3n) is 12.2. The summed E-state index contributed by atoms with van der Waals surface area (Å²) >= 11 is -0.938. The summed E-state index contributed by atoms with van der Waals surface area (Å²) in [7, 11) is -2.13. The van der Waals surface area contributed by atoms with Crippen molar-refractivity contribution in [2.45, 2.75) is 125 Å². The van der Waals surface area contributed by atoms with Gasteiger partial charge in [-0.25, -0.2) is 0 Å². The molecule has 2 aliphatic carbocycles. The molecule has 0 amide bonds. The van der Waals surface area contributed by atoms with Crippen LogP contribution in [0.2, 0.25) is 13.1 Å². The fourth-order valence-corrected chi connectivity index (χ4v) is 20.3. The van der Waals surface area contributed by atoms with Gasteiger partial charge in [0, 0.05) is 0 Å². The third kappa shape index (κ3) is 6.51. The number of rotatable bonds is 14. The third-order valence-corrected chi connectivity index (χ3v) is 20.7. The van der Waals surface area contributed by atoms with Crippen LogP contribution in [0.1, 0.15) is 133 Å². The molecule has 0 nitrogen and oxygen atoms in total. The summed E-state index contributed by atoms with van der Waals surface area (Å²) < 4.78 is 1.35. The number of hydrogen-bond donors (Lipinski definition) is 0. The molecule has 0 saturated carbocycles. The molecule has 0 N–H and O–H groups in total. The van der Waals surface area contributed by atoms with Crippen LogP contribution < -0.4 is 0 Å². The van der Waals surface area contributed by atoms with Crippen LogP contribution in [0.3, 0.4) is 0 Å². The van der Waals surface area contributed by atoms with Gasteiger partial charge in [-0.2, -0.15) is 0 Å². The fourth-order valence-electron chi connectivity index (χ4n) is 9.72. The van der Waals surface area contributed by atoms with Gasteiger partial charge in [0.25, 0.3) is 0 Å². The summed E-state index contributed by atoms with van der Waals surface area (Å²) in [5.41, 5.74) is 19.1. The van der Waals surface area contributed by atoms with Gasteiger partial charge in [0.05, 0.1) is 0 Å². The van der Waals surface area contributed by atoms with Gasteiger partial charge in [0.1, 0.15) is 0 Å². The maximum atomic E-state index is 2.73. The van der Waals surface area contributed by atoms with E-state index in [1.54, 1.807) is 32.6 Å². The Morgan fingerprint density at radius 3 is 1.30 bits per heavy atom. The summed E-state index contributed by atoms with van der Waals surface area (Å²) in [5, 5.41) is 3.59. The SMILES string of the molecule is CCCCCCc1ccc(-c2cccc3c2C2=C(CC)[CH]3[Zr][CH]3C(CC)=C(c4c(-c5ccc(CCCCCC)cc5)cccc43)[Si]2(C)C)cc1. The van der Waals surface area contributed by atoms with E-state index in [4.69, 9.17) is 0 Å². The van der Waals surface area contributed by atoms with E-state index in [2.05, 4.69) is 126 Å². The molecular formula is C48H58SiZr. The molecule has 258 valence electrons. The van der Waals surface area contributed by atoms with Crippen molar-refractivity contribution >= 4 is 18.5 Å². The first-order valence-electron chi connectivity index (χ1n) is 20.1. The minimum atomic E-state index is -2.13. The Balaban J connectivity index is 1.31. The van der Waals surface area contributed by atoms with E-state index in [0.717, 1.165) is 0 Å². The second kappa shape index (κ2) is 15.6. The Bertz CT molecular complexity index is 1750. The molecule has 4 bridgehead atoms. The first-order chi connectivity index (χ1) is 24.4. The number of allylic oxidation sites excluding steroid dienone is 2. The van der Waals surface area contributed by atoms with Crippen molar-refractivity contribution in [1.82, 2.24) is 0 Å². The quantitative estimate of drug-likeness (QED) is 0.0888. The Morgan fingerprint density at radius 2 is 0.920 bits per heavy atom. The predicted molar refractivity (Wildman–Crippen MR) is 217 cm³/mol. The van der Waals surface area contributed by atoms with E-state index in [9.17, 15) is 0 Å². The van der Waals surface area contributed by atoms with Crippen LogP contribution in [0.25, 0.3) is 32.6 Å². The number of benzene rings is 4. The summed E-state index contributed by atoms with van der Waals surface area (Å²) in [4.78, 5) is 0. The second-order valence-corrected chi connectivity index (χ2v) is 23.6. The van der Waals surface area contributed by atoms with Crippen LogP contribution in [0.4, 0.5) is 0 Å². The number of aryl methyl sites for hydroxylation is 2. The van der Waals surface area contributed by atoms with Gasteiger partial charge in [-0.3, -0.25) is 0 Å². The zero-order valence-corrected chi connectivity index (χ0v) is 35.2. The molecule has 2 unspecified atom stereocenters. The van der Waals surface area contributed by atoms with Crippen molar-refractivity contribution in [2.75, 3.05) is 0 Å². The Labute approximate surface area is 316 Å². The predicted octanol–water partition coefficient (Wildman–Crippen LogP) is 14.3. The van der Waals surface area contributed by atoms with Crippen molar-refractivity contribution in [2.24, 2.45) is 0 Å². The number of unbranched alkanes of at least 4 members (excludes halogenated alkanes) is 6. The van der Waals surface area contributed by atoms with Gasteiger partial charge in [0.2, 0.25) is 0 Å². The average Bonchev–Trinajstić information content (AvgIpc) is 3.67. The fraction of sp³-hybridized carbons (Fsp3) is 0.417. The second-order valence-electron chi connectivity index (χ2n) is 15.7. The van der Waals surface area contributed by atoms with E-state index in [1.165, 1.54) is 110 Å². The molecule has 0 spiro atoms. The van der Waals surface area contributed by atoms with Crippen molar-refractivity contribution in [3.8, 4) is 22.3 Å². The molecule has 50 heavy (non-hydrogen) atoms. The van der Waals surface area contributed by atoms with E-state index in [-0.39, 0.29) is 0 Å². The molecule has 2 heteroatoms. The molecule has 1 heterocycles. The summed E-state index contributed by atoms with van der Waals surface area (Å²) in [5.74, 6) is 0. The van der Waals surface area contributed by atoms with Crippen molar-refractivity contribution in [3.63, 3.8) is 0 Å². The molecule has 0 fully saturated rings. The zero-order valence-electron chi connectivity index (χ0n) is 31.7. The van der Waals surface area contributed by atoms with Crippen LogP contribution in [0.15, 0.2) is 96.1 Å². The first-order valence-corrected chi connectivity index (χ1v) is 25.9. The van der Waals surface area contributed by atoms with Gasteiger partial charge in [-0.15, -0.1) is 0 Å². The van der Waals surface area contributed by atoms with E-state index < -0.39 is 31.3 Å². The minimum absolute atomic E-state index is 0.674. The molecular weight excluding hydrogens is 696 g/mol. The molecule has 3 aliphatic rings. The Morgan fingerprint density at radius 1 is 0.500 bits per heavy atom. The van der Waals surface area contributed by atoms with Crippen LogP contribution in [-0.4, -0.2) is 8.07 Å². The summed E-state index contributed by atoms with van der Waals surface area (Å²) in [6.07, 6.45) is 15.4. The Hall–Kier alpha value is -2.54. The number of hydrogen-bond acceptors (Lipinski definition) is 0. The maximum absolute atomic E-state index is 2.73. The Kier molecular flexibility index (Phi) is 11.2. The monoisotopic (exact) mass is 752 g/mol. The number of fused-ring (bicyclic) bond motifs is 8. The van der Waals surface area contributed by atoms with Crippen LogP contribution >= 0.6 is 0 Å². The zero-order chi connectivity index (χ0) is 34.8. The topological polar surface area (TPSA) is 0 Å². The molecule has 2 atom stereocenters. The van der Waals surface area contributed by atoms with Gasteiger partial charge in [-0.05, 0) is 0 Å². The van der Waals surface area contributed by atoms with Crippen molar-refractivity contribution in [1.29, 1.82) is 0 Å². The van der Waals surface area contributed by atoms with Crippen molar-refractivity contribution in [3.05, 3.63) is 129 Å². The molecule has 1 aliphatic heterocycles. The van der Waals surface area contributed by atoms with E-state index in [1.807, 2.05) is 11.1 Å². The van der Waals surface area contributed by atoms with Crippen molar-refractivity contribution < 1.29 is 23.2 Å². The first kappa shape index (κ1) is 35.8. The average molecular weight is 754 g/mol. The van der Waals surface area contributed by atoms with Gasteiger partial charge in [0.15, 0.2) is 0 Å². The molecule has 7 rings (SSSR count). The van der Waals surface area contributed by atoms with Gasteiger partial charge < -0.3 is 0 Å². The molecule has 4 aromatic rings. The normalized spacial score (nSPS) is 18.5. The summed E-state index contributed by atoms with van der Waals surface area (Å²) in [6, 6.07) is 34.2. The summed E-state index contributed by atoms with van der Waals surface area (Å²) in [6.45, 7) is 15.0. The van der Waals surface area contributed by atoms with Crippen LogP contribution in [0.5, 0.6) is 0 Å². The van der Waals surface area contributed by atoms with Gasteiger partial charge >= 0.3 is 292 Å². The standard InChI is InChI=1S/C48H58Si.Zr/c1-7-11-13-15-19-35-25-29-39(30-26-35)43-23-17-21-41-33-37(9-3)47(45(41)43)49(5,6)48-38(10-4)34-42-22-18-24-44(46(42)48)40-31-27-36(28-32-40)20-16-14-12-8-2;/h17-18,21-34H,7-16,19-20H2,1-6H3;. The van der Waals surface area contributed by atoms with E-state index in [0.29, 0.717) is 7.25 Å². The van der Waals surface area contributed by atoms with Crippen LogP contribution in [0, 0.1) is 0 Å². The molecule has 0 aromatic heterocycles. The van der Waals surface area contributed by atoms with E-state index >= 15 is 0 Å². The van der Waals surface area contributed by atoms with Crippen LogP contribution in [-0.2, 0) is 36.1 Å². The molecule has 4 aromatic carbocycles.